The summed E-state index contributed by atoms with van der Waals surface area (Å²) >= 11 is 6.38. The van der Waals surface area contributed by atoms with Gasteiger partial charge in [-0.2, -0.15) is 0 Å². The van der Waals surface area contributed by atoms with E-state index in [1.807, 2.05) is 16.8 Å². The van der Waals surface area contributed by atoms with Gasteiger partial charge < -0.3 is 5.11 Å². The van der Waals surface area contributed by atoms with E-state index in [0.29, 0.717) is 36.0 Å². The highest BCUT2D eigenvalue weighted by molar-refractivity contribution is 6.32. The minimum atomic E-state index is -0.752. The van der Waals surface area contributed by atoms with Crippen LogP contribution in [0.2, 0.25) is 5.02 Å². The Hall–Kier alpha value is -1.88. The first-order valence-electron chi connectivity index (χ1n) is 7.41. The minimum absolute atomic E-state index is 0.345. The van der Waals surface area contributed by atoms with Crippen LogP contribution in [0.25, 0.3) is 5.82 Å². The summed E-state index contributed by atoms with van der Waals surface area (Å²) in [7, 11) is 0. The van der Waals surface area contributed by atoms with Crippen molar-refractivity contribution < 1.29 is 9.90 Å². The molecule has 1 aliphatic rings. The second-order valence-electron chi connectivity index (χ2n) is 6.01. The highest BCUT2D eigenvalue weighted by Crippen LogP contribution is 2.29. The average molecular weight is 320 g/mol. The number of carboxylic acids is 1. The Morgan fingerprint density at radius 3 is 2.86 bits per heavy atom. The maximum Gasteiger partial charge on any atom is 0.306 e. The van der Waals surface area contributed by atoms with Crippen LogP contribution in [0.3, 0.4) is 0 Å². The molecule has 0 bridgehead atoms. The number of nitrogens with zero attached hydrogens (tertiary/aromatic N) is 3. The standard InChI is InChI=1S/C16H18ClN3O2/c1-9(2)11-5-12(17)15(18-7-11)20-8-19-13-6-10(16(21)22)3-4-14(13)20/h5,7-10H,3-4,6H2,1-2H3,(H,21,22). The van der Waals surface area contributed by atoms with Crippen molar-refractivity contribution in [3.05, 3.63) is 40.6 Å². The number of pyridine rings is 1. The van der Waals surface area contributed by atoms with E-state index in [4.69, 9.17) is 16.7 Å². The Balaban J connectivity index is 1.96. The van der Waals surface area contributed by atoms with Crippen LogP contribution in [0.15, 0.2) is 18.6 Å². The number of halogens is 1. The van der Waals surface area contributed by atoms with Crippen molar-refractivity contribution in [3.8, 4) is 5.82 Å². The molecule has 1 aliphatic carbocycles. The summed E-state index contributed by atoms with van der Waals surface area (Å²) in [5.41, 5.74) is 2.95. The molecule has 116 valence electrons. The predicted octanol–water partition coefficient (Wildman–Crippen LogP) is 3.23. The Kier molecular flexibility index (Phi) is 3.91. The van der Waals surface area contributed by atoms with Gasteiger partial charge in [-0.15, -0.1) is 0 Å². The summed E-state index contributed by atoms with van der Waals surface area (Å²) in [6.45, 7) is 4.19. The first-order valence-corrected chi connectivity index (χ1v) is 7.79. The molecule has 1 N–H and O–H groups in total. The van der Waals surface area contributed by atoms with Crippen LogP contribution in [0.5, 0.6) is 0 Å². The molecule has 22 heavy (non-hydrogen) atoms. The van der Waals surface area contributed by atoms with Gasteiger partial charge in [0.2, 0.25) is 0 Å². The van der Waals surface area contributed by atoms with Crippen LogP contribution in [0.1, 0.15) is 43.1 Å². The van der Waals surface area contributed by atoms with Crippen LogP contribution in [-0.2, 0) is 17.6 Å². The molecule has 0 aromatic carbocycles. The third-order valence-electron chi connectivity index (χ3n) is 4.21. The molecule has 0 fully saturated rings. The molecule has 6 heteroatoms. The van der Waals surface area contributed by atoms with Crippen LogP contribution in [0, 0.1) is 5.92 Å². The van der Waals surface area contributed by atoms with E-state index in [2.05, 4.69) is 23.8 Å². The summed E-state index contributed by atoms with van der Waals surface area (Å²) in [5.74, 6) is -0.0686. The zero-order valence-corrected chi connectivity index (χ0v) is 13.3. The van der Waals surface area contributed by atoms with Crippen LogP contribution >= 0.6 is 11.6 Å². The SMILES string of the molecule is CC(C)c1cnc(-n2cnc3c2CCC(C(=O)O)C3)c(Cl)c1. The number of fused-ring (bicyclic) bond motifs is 1. The summed E-state index contributed by atoms with van der Waals surface area (Å²) in [6, 6.07) is 1.93. The molecule has 2 heterocycles. The Bertz CT molecular complexity index is 724. The first-order chi connectivity index (χ1) is 10.5. The quantitative estimate of drug-likeness (QED) is 0.943. The molecule has 0 saturated carbocycles. The second kappa shape index (κ2) is 5.72. The zero-order chi connectivity index (χ0) is 15.9. The van der Waals surface area contributed by atoms with E-state index in [1.165, 1.54) is 0 Å². The van der Waals surface area contributed by atoms with Crippen molar-refractivity contribution >= 4 is 17.6 Å². The molecular weight excluding hydrogens is 302 g/mol. The molecule has 1 unspecified atom stereocenters. The van der Waals surface area contributed by atoms with Gasteiger partial charge in [0.15, 0.2) is 5.82 Å². The van der Waals surface area contributed by atoms with Crippen molar-refractivity contribution in [3.63, 3.8) is 0 Å². The van der Waals surface area contributed by atoms with Gasteiger partial charge in [0.25, 0.3) is 0 Å². The van der Waals surface area contributed by atoms with Gasteiger partial charge in [-0.25, -0.2) is 9.97 Å². The smallest absolute Gasteiger partial charge is 0.306 e. The van der Waals surface area contributed by atoms with Crippen molar-refractivity contribution in [2.24, 2.45) is 5.92 Å². The van der Waals surface area contributed by atoms with Crippen LogP contribution < -0.4 is 0 Å². The molecule has 0 radical (unpaired) electrons. The monoisotopic (exact) mass is 319 g/mol. The third kappa shape index (κ3) is 2.61. The van der Waals surface area contributed by atoms with Gasteiger partial charge >= 0.3 is 5.97 Å². The molecule has 0 aliphatic heterocycles. The number of carbonyl (C=O) groups is 1. The Morgan fingerprint density at radius 2 is 2.23 bits per heavy atom. The van der Waals surface area contributed by atoms with Gasteiger partial charge in [0.05, 0.1) is 16.6 Å². The molecule has 0 spiro atoms. The molecular formula is C16H18ClN3O2. The van der Waals surface area contributed by atoms with Gasteiger partial charge in [0.1, 0.15) is 6.33 Å². The fourth-order valence-corrected chi connectivity index (χ4v) is 3.09. The average Bonchev–Trinajstić information content (AvgIpc) is 2.89. The van der Waals surface area contributed by atoms with E-state index in [0.717, 1.165) is 17.0 Å². The minimum Gasteiger partial charge on any atom is -0.481 e. The predicted molar refractivity (Wildman–Crippen MR) is 83.6 cm³/mol. The van der Waals surface area contributed by atoms with Crippen molar-refractivity contribution in [2.75, 3.05) is 0 Å². The molecule has 3 rings (SSSR count). The second-order valence-corrected chi connectivity index (χ2v) is 6.42. The number of imidazole rings is 1. The van der Waals surface area contributed by atoms with Crippen molar-refractivity contribution in [1.29, 1.82) is 0 Å². The fourth-order valence-electron chi connectivity index (χ4n) is 2.82. The number of rotatable bonds is 3. The van der Waals surface area contributed by atoms with E-state index < -0.39 is 5.97 Å². The Morgan fingerprint density at radius 1 is 1.45 bits per heavy atom. The van der Waals surface area contributed by atoms with E-state index in [1.54, 1.807) is 6.33 Å². The normalized spacial score (nSPS) is 17.5. The maximum atomic E-state index is 11.1. The van der Waals surface area contributed by atoms with E-state index in [-0.39, 0.29) is 5.92 Å². The number of carboxylic acid groups (broad SMARTS) is 1. The highest BCUT2D eigenvalue weighted by atomic mass is 35.5. The van der Waals surface area contributed by atoms with Crippen LogP contribution in [-0.4, -0.2) is 25.6 Å². The molecule has 2 aromatic heterocycles. The Labute approximate surface area is 134 Å². The lowest BCUT2D eigenvalue weighted by atomic mass is 9.90. The lowest BCUT2D eigenvalue weighted by molar-refractivity contribution is -0.142. The summed E-state index contributed by atoms with van der Waals surface area (Å²) in [5, 5.41) is 9.74. The molecule has 0 saturated heterocycles. The van der Waals surface area contributed by atoms with E-state index >= 15 is 0 Å². The van der Waals surface area contributed by atoms with Gasteiger partial charge in [0, 0.05) is 18.3 Å². The molecule has 0 amide bonds. The number of aliphatic carboxylic acids is 1. The first kappa shape index (κ1) is 15.0. The maximum absolute atomic E-state index is 11.1. The highest BCUT2D eigenvalue weighted by Gasteiger charge is 2.28. The molecule has 2 aromatic rings. The lowest BCUT2D eigenvalue weighted by Gasteiger charge is -2.19. The summed E-state index contributed by atoms with van der Waals surface area (Å²) < 4.78 is 1.89. The fraction of sp³-hybridized carbons (Fsp3) is 0.438. The van der Waals surface area contributed by atoms with Crippen molar-refractivity contribution in [2.45, 2.75) is 39.0 Å². The molecule has 5 nitrogen and oxygen atoms in total. The number of aromatic nitrogens is 3. The summed E-state index contributed by atoms with van der Waals surface area (Å²) in [6.07, 6.45) is 5.30. The number of hydrogen-bond acceptors (Lipinski definition) is 3. The van der Waals surface area contributed by atoms with Gasteiger partial charge in [-0.3, -0.25) is 9.36 Å². The van der Waals surface area contributed by atoms with Crippen molar-refractivity contribution in [1.82, 2.24) is 14.5 Å². The lowest BCUT2D eigenvalue weighted by Crippen LogP contribution is -2.23. The number of hydrogen-bond donors (Lipinski definition) is 1. The van der Waals surface area contributed by atoms with E-state index in [9.17, 15) is 4.79 Å². The topological polar surface area (TPSA) is 68.0 Å². The molecule has 1 atom stereocenters. The summed E-state index contributed by atoms with van der Waals surface area (Å²) in [4.78, 5) is 20.0. The zero-order valence-electron chi connectivity index (χ0n) is 12.6. The largest absolute Gasteiger partial charge is 0.481 e. The van der Waals surface area contributed by atoms with Gasteiger partial charge in [-0.1, -0.05) is 25.4 Å². The van der Waals surface area contributed by atoms with Gasteiger partial charge in [-0.05, 0) is 30.4 Å². The third-order valence-corrected chi connectivity index (χ3v) is 4.49. The van der Waals surface area contributed by atoms with Crippen LogP contribution in [0.4, 0.5) is 0 Å².